The van der Waals surface area contributed by atoms with Gasteiger partial charge in [0, 0.05) is 35.5 Å². The van der Waals surface area contributed by atoms with E-state index in [4.69, 9.17) is 23.8 Å². The van der Waals surface area contributed by atoms with Gasteiger partial charge in [0.25, 0.3) is 10.0 Å². The van der Waals surface area contributed by atoms with E-state index in [0.717, 1.165) is 38.8 Å². The molecule has 0 radical (unpaired) electrons. The molecule has 1 aliphatic heterocycles. The zero-order chi connectivity index (χ0) is 23.3. The Morgan fingerprint density at radius 3 is 2.24 bits per heavy atom. The molecular weight excluding hydrogens is 476 g/mol. The van der Waals surface area contributed by atoms with Crippen molar-refractivity contribution in [2.45, 2.75) is 62.3 Å². The van der Waals surface area contributed by atoms with Crippen molar-refractivity contribution in [2.75, 3.05) is 28.0 Å². The first kappa shape index (κ1) is 24.1. The lowest BCUT2D eigenvalue weighted by Gasteiger charge is -2.31. The molecule has 1 saturated carbocycles. The quantitative estimate of drug-likeness (QED) is 0.433. The van der Waals surface area contributed by atoms with Crippen LogP contribution in [0.4, 0.5) is 17.1 Å². The van der Waals surface area contributed by atoms with E-state index in [0.29, 0.717) is 33.2 Å². The van der Waals surface area contributed by atoms with Crippen molar-refractivity contribution in [3.8, 4) is 0 Å². The normalized spacial score (nSPS) is 17.4. The molecule has 1 saturated heterocycles. The van der Waals surface area contributed by atoms with Crippen LogP contribution in [0.3, 0.4) is 0 Å². The molecule has 3 N–H and O–H groups in total. The topological polar surface area (TPSA) is 73.5 Å². The average Bonchev–Trinajstić information content (AvgIpc) is 2.81. The fourth-order valence-corrected chi connectivity index (χ4v) is 6.25. The molecule has 0 spiro atoms. The summed E-state index contributed by atoms with van der Waals surface area (Å²) in [5.74, 6) is 0. The number of rotatable bonds is 6. The zero-order valence-corrected chi connectivity index (χ0v) is 21.0. The van der Waals surface area contributed by atoms with Gasteiger partial charge in [0.05, 0.1) is 5.69 Å². The monoisotopic (exact) mass is 506 g/mol. The molecule has 0 unspecified atom stereocenters. The van der Waals surface area contributed by atoms with Gasteiger partial charge in [0.1, 0.15) is 4.90 Å². The maximum absolute atomic E-state index is 13.5. The van der Waals surface area contributed by atoms with Crippen molar-refractivity contribution in [2.24, 2.45) is 0 Å². The van der Waals surface area contributed by atoms with Crippen LogP contribution in [0.15, 0.2) is 47.4 Å². The van der Waals surface area contributed by atoms with E-state index in [9.17, 15) is 8.42 Å². The summed E-state index contributed by atoms with van der Waals surface area (Å²) < 4.78 is 29.6. The lowest BCUT2D eigenvalue weighted by atomic mass is 9.96. The van der Waals surface area contributed by atoms with Crippen LogP contribution >= 0.6 is 23.8 Å². The first-order valence-corrected chi connectivity index (χ1v) is 13.9. The Morgan fingerprint density at radius 2 is 1.55 bits per heavy atom. The van der Waals surface area contributed by atoms with Crippen LogP contribution in [0.1, 0.15) is 51.4 Å². The number of nitrogens with zero attached hydrogens (tertiary/aromatic N) is 1. The van der Waals surface area contributed by atoms with Crippen LogP contribution in [-0.2, 0) is 10.0 Å². The van der Waals surface area contributed by atoms with Gasteiger partial charge < -0.3 is 15.5 Å². The highest BCUT2D eigenvalue weighted by Crippen LogP contribution is 2.32. The minimum absolute atomic E-state index is 0.241. The lowest BCUT2D eigenvalue weighted by Crippen LogP contribution is -2.38. The fourth-order valence-electron chi connectivity index (χ4n) is 4.53. The van der Waals surface area contributed by atoms with Gasteiger partial charge in [-0.3, -0.25) is 4.72 Å². The molecule has 9 heteroatoms. The number of piperidine rings is 1. The molecule has 1 heterocycles. The van der Waals surface area contributed by atoms with E-state index in [1.165, 1.54) is 25.7 Å². The Morgan fingerprint density at radius 1 is 0.909 bits per heavy atom. The number of halogens is 1. The minimum Gasteiger partial charge on any atom is -0.370 e. The molecule has 6 nitrogen and oxygen atoms in total. The van der Waals surface area contributed by atoms with Crippen molar-refractivity contribution >= 4 is 56.0 Å². The lowest BCUT2D eigenvalue weighted by molar-refractivity contribution is 0.415. The Kier molecular flexibility index (Phi) is 7.98. The second kappa shape index (κ2) is 10.9. The molecule has 0 bridgehead atoms. The Balaban J connectivity index is 1.58. The third-order valence-corrected chi connectivity index (χ3v) is 8.12. The van der Waals surface area contributed by atoms with Gasteiger partial charge in [-0.2, -0.15) is 0 Å². The fraction of sp³-hybridized carbons (Fsp3) is 0.458. The first-order chi connectivity index (χ1) is 15.9. The van der Waals surface area contributed by atoms with Gasteiger partial charge in [0.15, 0.2) is 5.11 Å². The number of sulfonamides is 1. The van der Waals surface area contributed by atoms with E-state index in [1.54, 1.807) is 30.3 Å². The van der Waals surface area contributed by atoms with Gasteiger partial charge in [-0.15, -0.1) is 0 Å². The largest absolute Gasteiger partial charge is 0.370 e. The molecule has 4 rings (SSSR count). The van der Waals surface area contributed by atoms with E-state index in [1.807, 2.05) is 12.1 Å². The summed E-state index contributed by atoms with van der Waals surface area (Å²) in [4.78, 5) is 2.40. The number of thiocarbonyl (C=S) groups is 1. The van der Waals surface area contributed by atoms with E-state index >= 15 is 0 Å². The second-order valence-corrected chi connectivity index (χ2v) is 11.3. The van der Waals surface area contributed by atoms with Crippen LogP contribution in [-0.4, -0.2) is 32.7 Å². The van der Waals surface area contributed by atoms with Crippen LogP contribution in [0.5, 0.6) is 0 Å². The van der Waals surface area contributed by atoms with Gasteiger partial charge in [-0.1, -0.05) is 30.9 Å². The van der Waals surface area contributed by atoms with Crippen molar-refractivity contribution in [1.29, 1.82) is 0 Å². The van der Waals surface area contributed by atoms with Crippen molar-refractivity contribution in [1.82, 2.24) is 5.32 Å². The molecule has 0 aromatic heterocycles. The highest BCUT2D eigenvalue weighted by Gasteiger charge is 2.24. The number of nitrogens with one attached hydrogen (secondary N) is 3. The summed E-state index contributed by atoms with van der Waals surface area (Å²) in [5.41, 5.74) is 1.84. The van der Waals surface area contributed by atoms with Crippen LogP contribution in [0, 0.1) is 0 Å². The van der Waals surface area contributed by atoms with Gasteiger partial charge in [0.2, 0.25) is 0 Å². The molecule has 0 amide bonds. The molecule has 2 fully saturated rings. The maximum Gasteiger partial charge on any atom is 0.264 e. The Labute approximate surface area is 207 Å². The minimum atomic E-state index is -3.83. The predicted octanol–water partition coefficient (Wildman–Crippen LogP) is 5.75. The summed E-state index contributed by atoms with van der Waals surface area (Å²) >= 11 is 11.5. The van der Waals surface area contributed by atoms with E-state index < -0.39 is 10.0 Å². The Hall–Kier alpha value is -2.03. The van der Waals surface area contributed by atoms with Crippen molar-refractivity contribution in [3.05, 3.63) is 47.5 Å². The molecule has 1 aliphatic carbocycles. The standard InChI is InChI=1S/C24H31ClN4O2S2/c25-18-9-11-20(12-10-18)28-33(30,31)23-17-21(13-14-22(23)29-15-5-2-6-16-29)27-24(32)26-19-7-3-1-4-8-19/h9-14,17,19,28H,1-8,15-16H2,(H2,26,27,32). The predicted molar refractivity (Wildman–Crippen MR) is 141 cm³/mol. The Bertz CT molecular complexity index is 1060. The van der Waals surface area contributed by atoms with Crippen LogP contribution in [0.25, 0.3) is 0 Å². The van der Waals surface area contributed by atoms with Crippen molar-refractivity contribution in [3.63, 3.8) is 0 Å². The zero-order valence-electron chi connectivity index (χ0n) is 18.6. The first-order valence-electron chi connectivity index (χ1n) is 11.7. The SMILES string of the molecule is O=S(=O)(Nc1ccc(Cl)cc1)c1cc(NC(=S)NC2CCCCC2)ccc1N1CCCCC1. The summed E-state index contributed by atoms with van der Waals surface area (Å²) in [7, 11) is -3.83. The van der Waals surface area contributed by atoms with Gasteiger partial charge >= 0.3 is 0 Å². The summed E-state index contributed by atoms with van der Waals surface area (Å²) in [6, 6.07) is 12.5. The molecule has 178 valence electrons. The third-order valence-electron chi connectivity index (χ3n) is 6.24. The number of anilines is 3. The molecule has 2 aromatic rings. The average molecular weight is 507 g/mol. The summed E-state index contributed by atoms with van der Waals surface area (Å²) in [6.45, 7) is 1.69. The smallest absolute Gasteiger partial charge is 0.264 e. The summed E-state index contributed by atoms with van der Waals surface area (Å²) in [5, 5.41) is 7.66. The maximum atomic E-state index is 13.5. The van der Waals surface area contributed by atoms with Crippen LogP contribution < -0.4 is 20.3 Å². The van der Waals surface area contributed by atoms with Gasteiger partial charge in [-0.25, -0.2) is 8.42 Å². The molecule has 2 aromatic carbocycles. The number of benzene rings is 2. The van der Waals surface area contributed by atoms with E-state index in [-0.39, 0.29) is 4.90 Å². The second-order valence-electron chi connectivity index (χ2n) is 8.78. The molecule has 2 aliphatic rings. The van der Waals surface area contributed by atoms with E-state index in [2.05, 4.69) is 20.3 Å². The number of hydrogen-bond donors (Lipinski definition) is 3. The molecule has 33 heavy (non-hydrogen) atoms. The van der Waals surface area contributed by atoms with Crippen LogP contribution in [0.2, 0.25) is 5.02 Å². The summed E-state index contributed by atoms with van der Waals surface area (Å²) in [6.07, 6.45) is 9.20. The number of hydrogen-bond acceptors (Lipinski definition) is 4. The van der Waals surface area contributed by atoms with Crippen molar-refractivity contribution < 1.29 is 8.42 Å². The highest BCUT2D eigenvalue weighted by molar-refractivity contribution is 7.93. The molecular formula is C24H31ClN4O2S2. The third kappa shape index (κ3) is 6.52. The van der Waals surface area contributed by atoms with Gasteiger partial charge in [-0.05, 0) is 86.8 Å². The highest BCUT2D eigenvalue weighted by atomic mass is 35.5. The molecule has 0 atom stereocenters.